The van der Waals surface area contributed by atoms with Crippen LogP contribution in [-0.2, 0) is 0 Å². The van der Waals surface area contributed by atoms with Gasteiger partial charge < -0.3 is 5.32 Å². The highest BCUT2D eigenvalue weighted by atomic mass is 19.1. The van der Waals surface area contributed by atoms with Gasteiger partial charge in [0.05, 0.1) is 0 Å². The lowest BCUT2D eigenvalue weighted by molar-refractivity contribution is 0.619. The zero-order chi connectivity index (χ0) is 11.5. The Labute approximate surface area is 94.9 Å². The van der Waals surface area contributed by atoms with Crippen molar-refractivity contribution in [3.05, 3.63) is 53.8 Å². The minimum Gasteiger partial charge on any atom is -0.388 e. The van der Waals surface area contributed by atoms with Crippen molar-refractivity contribution < 1.29 is 4.39 Å². The first-order chi connectivity index (χ1) is 7.70. The molecule has 16 heavy (non-hydrogen) atoms. The molecule has 0 bridgehead atoms. The molecule has 0 fully saturated rings. The van der Waals surface area contributed by atoms with Crippen LogP contribution in [0.25, 0.3) is 11.1 Å². The lowest BCUT2D eigenvalue weighted by Gasteiger charge is -2.05. The number of aryl methyl sites for hydroxylation is 1. The van der Waals surface area contributed by atoms with Crippen LogP contribution >= 0.6 is 0 Å². The number of hydrogen-bond donors (Lipinski definition) is 1. The Bertz CT molecular complexity index is 489. The first kappa shape index (κ1) is 10.7. The van der Waals surface area contributed by atoms with Crippen LogP contribution in [0.1, 0.15) is 5.56 Å². The van der Waals surface area contributed by atoms with Crippen LogP contribution in [0, 0.1) is 12.7 Å². The van der Waals surface area contributed by atoms with E-state index in [2.05, 4.69) is 5.32 Å². The Hall–Kier alpha value is -1.83. The predicted molar refractivity (Wildman–Crippen MR) is 66.1 cm³/mol. The van der Waals surface area contributed by atoms with Crippen LogP contribution in [0.3, 0.4) is 0 Å². The predicted octanol–water partition coefficient (Wildman–Crippen LogP) is 3.84. The number of benzene rings is 2. The van der Waals surface area contributed by atoms with Gasteiger partial charge in [-0.1, -0.05) is 18.2 Å². The summed E-state index contributed by atoms with van der Waals surface area (Å²) in [6, 6.07) is 13.2. The van der Waals surface area contributed by atoms with Gasteiger partial charge in [-0.3, -0.25) is 0 Å². The highest BCUT2D eigenvalue weighted by molar-refractivity contribution is 5.66. The first-order valence-electron chi connectivity index (χ1n) is 5.25. The van der Waals surface area contributed by atoms with E-state index in [9.17, 15) is 4.39 Å². The van der Waals surface area contributed by atoms with Crippen molar-refractivity contribution in [1.82, 2.24) is 0 Å². The fraction of sp³-hybridized carbons (Fsp3) is 0.143. The molecule has 0 atom stereocenters. The molecule has 0 unspecified atom stereocenters. The second kappa shape index (κ2) is 4.35. The third-order valence-corrected chi connectivity index (χ3v) is 2.66. The summed E-state index contributed by atoms with van der Waals surface area (Å²) in [7, 11) is 1.89. The average Bonchev–Trinajstić information content (AvgIpc) is 2.33. The largest absolute Gasteiger partial charge is 0.388 e. The zero-order valence-corrected chi connectivity index (χ0v) is 9.42. The molecule has 2 aromatic rings. The van der Waals surface area contributed by atoms with Crippen molar-refractivity contribution in [2.45, 2.75) is 6.92 Å². The lowest BCUT2D eigenvalue weighted by atomic mass is 10.0. The number of anilines is 1. The molecule has 0 heterocycles. The van der Waals surface area contributed by atoms with Gasteiger partial charge in [-0.05, 0) is 47.9 Å². The quantitative estimate of drug-likeness (QED) is 0.802. The molecular weight excluding hydrogens is 201 g/mol. The molecule has 0 radical (unpaired) electrons. The van der Waals surface area contributed by atoms with Gasteiger partial charge in [-0.2, -0.15) is 0 Å². The van der Waals surface area contributed by atoms with Crippen LogP contribution in [-0.4, -0.2) is 7.05 Å². The topological polar surface area (TPSA) is 12.0 Å². The van der Waals surface area contributed by atoms with E-state index in [-0.39, 0.29) is 5.82 Å². The van der Waals surface area contributed by atoms with Crippen LogP contribution in [0.4, 0.5) is 10.1 Å². The molecule has 0 spiro atoms. The molecule has 0 aliphatic heterocycles. The van der Waals surface area contributed by atoms with Gasteiger partial charge in [-0.15, -0.1) is 0 Å². The fourth-order valence-electron chi connectivity index (χ4n) is 1.65. The summed E-state index contributed by atoms with van der Waals surface area (Å²) < 4.78 is 13.1. The van der Waals surface area contributed by atoms with Crippen LogP contribution in [0.5, 0.6) is 0 Å². The van der Waals surface area contributed by atoms with E-state index in [4.69, 9.17) is 0 Å². The minimum atomic E-state index is -0.157. The van der Waals surface area contributed by atoms with Crippen molar-refractivity contribution in [1.29, 1.82) is 0 Å². The van der Waals surface area contributed by atoms with Crippen LogP contribution < -0.4 is 5.32 Å². The molecule has 1 nitrogen and oxygen atoms in total. The lowest BCUT2D eigenvalue weighted by Crippen LogP contribution is -1.88. The summed E-state index contributed by atoms with van der Waals surface area (Å²) in [6.45, 7) is 1.78. The van der Waals surface area contributed by atoms with Gasteiger partial charge in [0, 0.05) is 12.7 Å². The van der Waals surface area contributed by atoms with E-state index in [1.165, 1.54) is 6.07 Å². The van der Waals surface area contributed by atoms with Gasteiger partial charge in [0.1, 0.15) is 5.82 Å². The summed E-state index contributed by atoms with van der Waals surface area (Å²) in [4.78, 5) is 0. The van der Waals surface area contributed by atoms with E-state index in [1.807, 2.05) is 37.4 Å². The number of halogens is 1. The number of rotatable bonds is 2. The van der Waals surface area contributed by atoms with Crippen molar-refractivity contribution in [3.63, 3.8) is 0 Å². The minimum absolute atomic E-state index is 0.157. The Morgan fingerprint density at radius 3 is 2.12 bits per heavy atom. The zero-order valence-electron chi connectivity index (χ0n) is 9.42. The third kappa shape index (κ3) is 2.06. The molecule has 0 aliphatic rings. The van der Waals surface area contributed by atoms with Crippen LogP contribution in [0.2, 0.25) is 0 Å². The average molecular weight is 215 g/mol. The summed E-state index contributed by atoms with van der Waals surface area (Å²) in [5, 5.41) is 3.07. The SMILES string of the molecule is CNc1ccc(-c2ccc(F)c(C)c2)cc1. The molecule has 0 saturated heterocycles. The van der Waals surface area contributed by atoms with Gasteiger partial charge in [-0.25, -0.2) is 4.39 Å². The van der Waals surface area contributed by atoms with Crippen molar-refractivity contribution in [3.8, 4) is 11.1 Å². The van der Waals surface area contributed by atoms with Crippen molar-refractivity contribution in [2.24, 2.45) is 0 Å². The van der Waals surface area contributed by atoms with Gasteiger partial charge in [0.15, 0.2) is 0 Å². The number of hydrogen-bond acceptors (Lipinski definition) is 1. The Kier molecular flexibility index (Phi) is 2.91. The molecule has 1 N–H and O–H groups in total. The molecule has 2 rings (SSSR count). The second-order valence-electron chi connectivity index (χ2n) is 3.79. The maximum Gasteiger partial charge on any atom is 0.126 e. The molecule has 0 saturated carbocycles. The smallest absolute Gasteiger partial charge is 0.126 e. The van der Waals surface area contributed by atoms with Crippen LogP contribution in [0.15, 0.2) is 42.5 Å². The van der Waals surface area contributed by atoms with E-state index in [0.717, 1.165) is 16.8 Å². The second-order valence-corrected chi connectivity index (χ2v) is 3.79. The maximum absolute atomic E-state index is 13.1. The Balaban J connectivity index is 2.38. The number of nitrogens with one attached hydrogen (secondary N) is 1. The van der Waals surface area contributed by atoms with E-state index in [0.29, 0.717) is 5.56 Å². The maximum atomic E-state index is 13.1. The fourth-order valence-corrected chi connectivity index (χ4v) is 1.65. The van der Waals surface area contributed by atoms with Gasteiger partial charge in [0.25, 0.3) is 0 Å². The van der Waals surface area contributed by atoms with Crippen molar-refractivity contribution in [2.75, 3.05) is 12.4 Å². The molecular formula is C14H14FN. The summed E-state index contributed by atoms with van der Waals surface area (Å²) >= 11 is 0. The molecule has 2 aromatic carbocycles. The molecule has 0 aliphatic carbocycles. The van der Waals surface area contributed by atoms with E-state index < -0.39 is 0 Å². The summed E-state index contributed by atoms with van der Waals surface area (Å²) in [5.41, 5.74) is 3.89. The summed E-state index contributed by atoms with van der Waals surface area (Å²) in [6.07, 6.45) is 0. The van der Waals surface area contributed by atoms with Gasteiger partial charge in [0.2, 0.25) is 0 Å². The normalized spacial score (nSPS) is 10.2. The van der Waals surface area contributed by atoms with E-state index >= 15 is 0 Å². The molecule has 0 amide bonds. The van der Waals surface area contributed by atoms with Gasteiger partial charge >= 0.3 is 0 Å². The monoisotopic (exact) mass is 215 g/mol. The first-order valence-corrected chi connectivity index (χ1v) is 5.25. The molecule has 2 heteroatoms. The van der Waals surface area contributed by atoms with E-state index in [1.54, 1.807) is 13.0 Å². The van der Waals surface area contributed by atoms with Crippen molar-refractivity contribution >= 4 is 5.69 Å². The molecule has 82 valence electrons. The standard InChI is InChI=1S/C14H14FN/c1-10-9-12(5-8-14(10)15)11-3-6-13(16-2)7-4-11/h3-9,16H,1-2H3. The highest BCUT2D eigenvalue weighted by Crippen LogP contribution is 2.23. The Morgan fingerprint density at radius 2 is 1.56 bits per heavy atom. The molecule has 0 aromatic heterocycles. The third-order valence-electron chi connectivity index (χ3n) is 2.66. The summed E-state index contributed by atoms with van der Waals surface area (Å²) in [5.74, 6) is -0.157. The highest BCUT2D eigenvalue weighted by Gasteiger charge is 2.01. The Morgan fingerprint density at radius 1 is 0.938 bits per heavy atom.